The normalized spacial score (nSPS) is 10.4. The lowest BCUT2D eigenvalue weighted by Crippen LogP contribution is -2.23. The van der Waals surface area contributed by atoms with Gasteiger partial charge in [-0.05, 0) is 18.4 Å². The summed E-state index contributed by atoms with van der Waals surface area (Å²) in [6.45, 7) is 6.71. The fraction of sp³-hybridized carbons (Fsp3) is 0.467. The average Bonchev–Trinajstić information content (AvgIpc) is 2.36. The van der Waals surface area contributed by atoms with E-state index in [1.807, 2.05) is 31.2 Å². The molecule has 1 amide bonds. The fourth-order valence-electron chi connectivity index (χ4n) is 1.71. The van der Waals surface area contributed by atoms with Gasteiger partial charge in [-0.1, -0.05) is 38.1 Å². The molecule has 0 bridgehead atoms. The summed E-state index contributed by atoms with van der Waals surface area (Å²) < 4.78 is 0. The summed E-state index contributed by atoms with van der Waals surface area (Å²) in [5.41, 5.74) is 1.90. The van der Waals surface area contributed by atoms with Crippen molar-refractivity contribution in [2.45, 2.75) is 39.5 Å². The Bertz CT molecular complexity index is 407. The SMILES string of the molecule is CCNC(=O)CCC(=O)c1ccc(C(C)C)cc1. The molecule has 0 heterocycles. The molecular formula is C15H21NO2. The Morgan fingerprint density at radius 2 is 1.72 bits per heavy atom. The molecule has 3 heteroatoms. The van der Waals surface area contributed by atoms with Gasteiger partial charge in [0.1, 0.15) is 0 Å². The number of hydrogen-bond donors (Lipinski definition) is 1. The lowest BCUT2D eigenvalue weighted by atomic mass is 9.99. The van der Waals surface area contributed by atoms with E-state index in [0.717, 1.165) is 0 Å². The Morgan fingerprint density at radius 3 is 2.22 bits per heavy atom. The van der Waals surface area contributed by atoms with Crippen LogP contribution in [0.4, 0.5) is 0 Å². The number of Topliss-reactive ketones (excluding diaryl/α,β-unsaturated/α-hetero) is 1. The van der Waals surface area contributed by atoms with Gasteiger partial charge in [-0.25, -0.2) is 0 Å². The van der Waals surface area contributed by atoms with Crippen molar-refractivity contribution in [1.82, 2.24) is 5.32 Å². The van der Waals surface area contributed by atoms with Crippen LogP contribution in [0.25, 0.3) is 0 Å². The van der Waals surface area contributed by atoms with E-state index in [1.54, 1.807) is 0 Å². The van der Waals surface area contributed by atoms with Gasteiger partial charge in [0.05, 0.1) is 0 Å². The molecule has 0 saturated heterocycles. The third-order valence-corrected chi connectivity index (χ3v) is 2.85. The first kappa shape index (κ1) is 14.4. The van der Waals surface area contributed by atoms with E-state index in [0.29, 0.717) is 18.0 Å². The second-order valence-electron chi connectivity index (χ2n) is 4.65. The zero-order valence-corrected chi connectivity index (χ0v) is 11.3. The molecule has 0 fully saturated rings. The van der Waals surface area contributed by atoms with E-state index in [4.69, 9.17) is 0 Å². The standard InChI is InChI=1S/C15H21NO2/c1-4-16-15(18)10-9-14(17)13-7-5-12(6-8-13)11(2)3/h5-8,11H,4,9-10H2,1-3H3,(H,16,18). The van der Waals surface area contributed by atoms with Crippen molar-refractivity contribution in [3.8, 4) is 0 Å². The predicted octanol–water partition coefficient (Wildman–Crippen LogP) is 2.91. The van der Waals surface area contributed by atoms with Gasteiger partial charge in [-0.3, -0.25) is 9.59 Å². The fourth-order valence-corrected chi connectivity index (χ4v) is 1.71. The van der Waals surface area contributed by atoms with Crippen LogP contribution in [0.5, 0.6) is 0 Å². The van der Waals surface area contributed by atoms with Crippen LogP contribution in [0.2, 0.25) is 0 Å². The highest BCUT2D eigenvalue weighted by Crippen LogP contribution is 2.15. The third-order valence-electron chi connectivity index (χ3n) is 2.85. The molecule has 0 atom stereocenters. The maximum absolute atomic E-state index is 11.9. The second kappa shape index (κ2) is 6.94. The average molecular weight is 247 g/mol. The van der Waals surface area contributed by atoms with Crippen LogP contribution in [0.1, 0.15) is 55.5 Å². The third kappa shape index (κ3) is 4.32. The monoisotopic (exact) mass is 247 g/mol. The Hall–Kier alpha value is -1.64. The molecule has 18 heavy (non-hydrogen) atoms. The zero-order valence-electron chi connectivity index (χ0n) is 11.3. The lowest BCUT2D eigenvalue weighted by molar-refractivity contribution is -0.120. The van der Waals surface area contributed by atoms with Crippen molar-refractivity contribution in [2.24, 2.45) is 0 Å². The van der Waals surface area contributed by atoms with Gasteiger partial charge in [-0.15, -0.1) is 0 Å². The first-order valence-electron chi connectivity index (χ1n) is 6.44. The predicted molar refractivity (Wildman–Crippen MR) is 72.8 cm³/mol. The minimum absolute atomic E-state index is 0.0246. The molecule has 1 aromatic carbocycles. The van der Waals surface area contributed by atoms with Crippen LogP contribution in [0.15, 0.2) is 24.3 Å². The summed E-state index contributed by atoms with van der Waals surface area (Å²) in [5.74, 6) is 0.422. The minimum atomic E-state index is -0.0651. The van der Waals surface area contributed by atoms with Crippen LogP contribution >= 0.6 is 0 Å². The number of hydrogen-bond acceptors (Lipinski definition) is 2. The number of rotatable bonds is 6. The van der Waals surface area contributed by atoms with Crippen LogP contribution in [-0.2, 0) is 4.79 Å². The van der Waals surface area contributed by atoms with Gasteiger partial charge in [0.15, 0.2) is 5.78 Å². The van der Waals surface area contributed by atoms with Gasteiger partial charge in [0, 0.05) is 24.9 Å². The van der Waals surface area contributed by atoms with Gasteiger partial charge in [-0.2, -0.15) is 0 Å². The summed E-state index contributed by atoms with van der Waals surface area (Å²) >= 11 is 0. The van der Waals surface area contributed by atoms with Crippen LogP contribution in [0.3, 0.4) is 0 Å². The van der Waals surface area contributed by atoms with Crippen molar-refractivity contribution in [2.75, 3.05) is 6.54 Å². The molecule has 1 rings (SSSR count). The van der Waals surface area contributed by atoms with Gasteiger partial charge in [0.2, 0.25) is 5.91 Å². The van der Waals surface area contributed by atoms with E-state index < -0.39 is 0 Å². The highest BCUT2D eigenvalue weighted by atomic mass is 16.2. The molecule has 1 N–H and O–H groups in total. The summed E-state index contributed by atoms with van der Waals surface area (Å²) in [7, 11) is 0. The number of amides is 1. The van der Waals surface area contributed by atoms with E-state index >= 15 is 0 Å². The molecule has 0 aromatic heterocycles. The Kier molecular flexibility index (Phi) is 5.56. The van der Waals surface area contributed by atoms with Gasteiger partial charge >= 0.3 is 0 Å². The van der Waals surface area contributed by atoms with Gasteiger partial charge in [0.25, 0.3) is 0 Å². The number of benzene rings is 1. The van der Waals surface area contributed by atoms with E-state index in [1.165, 1.54) is 5.56 Å². The van der Waals surface area contributed by atoms with Gasteiger partial charge < -0.3 is 5.32 Å². The summed E-state index contributed by atoms with van der Waals surface area (Å²) in [6, 6.07) is 7.64. The molecule has 0 spiro atoms. The molecule has 0 saturated carbocycles. The van der Waals surface area contributed by atoms with Crippen LogP contribution < -0.4 is 5.32 Å². The minimum Gasteiger partial charge on any atom is -0.356 e. The van der Waals surface area contributed by atoms with Crippen molar-refractivity contribution < 1.29 is 9.59 Å². The number of nitrogens with one attached hydrogen (secondary N) is 1. The molecule has 0 aliphatic heterocycles. The van der Waals surface area contributed by atoms with Crippen molar-refractivity contribution in [3.63, 3.8) is 0 Å². The summed E-state index contributed by atoms with van der Waals surface area (Å²) in [6.07, 6.45) is 0.533. The molecule has 0 aliphatic carbocycles. The Morgan fingerprint density at radius 1 is 1.11 bits per heavy atom. The lowest BCUT2D eigenvalue weighted by Gasteiger charge is -2.06. The summed E-state index contributed by atoms with van der Waals surface area (Å²) in [5, 5.41) is 2.69. The quantitative estimate of drug-likeness (QED) is 0.786. The topological polar surface area (TPSA) is 46.2 Å². The molecular weight excluding hydrogens is 226 g/mol. The number of carbonyl (C=O) groups is 2. The van der Waals surface area contributed by atoms with Crippen LogP contribution in [-0.4, -0.2) is 18.2 Å². The second-order valence-corrected chi connectivity index (χ2v) is 4.65. The summed E-state index contributed by atoms with van der Waals surface area (Å²) in [4.78, 5) is 23.1. The Labute approximate surface area is 109 Å². The van der Waals surface area contributed by atoms with Crippen molar-refractivity contribution >= 4 is 11.7 Å². The van der Waals surface area contributed by atoms with E-state index in [9.17, 15) is 9.59 Å². The Balaban J connectivity index is 2.54. The zero-order chi connectivity index (χ0) is 13.5. The molecule has 0 radical (unpaired) electrons. The van der Waals surface area contributed by atoms with Crippen molar-refractivity contribution in [3.05, 3.63) is 35.4 Å². The largest absolute Gasteiger partial charge is 0.356 e. The number of ketones is 1. The van der Waals surface area contributed by atoms with Crippen LogP contribution in [0, 0.1) is 0 Å². The molecule has 0 unspecified atom stereocenters. The first-order valence-corrected chi connectivity index (χ1v) is 6.44. The maximum atomic E-state index is 11.9. The molecule has 0 aliphatic rings. The number of carbonyl (C=O) groups excluding carboxylic acids is 2. The molecule has 3 nitrogen and oxygen atoms in total. The first-order chi connectivity index (χ1) is 8.54. The molecule has 98 valence electrons. The van der Waals surface area contributed by atoms with E-state index in [2.05, 4.69) is 19.2 Å². The van der Waals surface area contributed by atoms with E-state index in [-0.39, 0.29) is 24.5 Å². The van der Waals surface area contributed by atoms with Crippen molar-refractivity contribution in [1.29, 1.82) is 0 Å². The highest BCUT2D eigenvalue weighted by Gasteiger charge is 2.09. The smallest absolute Gasteiger partial charge is 0.220 e. The molecule has 1 aromatic rings. The maximum Gasteiger partial charge on any atom is 0.220 e. The highest BCUT2D eigenvalue weighted by molar-refractivity contribution is 5.97.